The minimum absolute atomic E-state index is 0.00980. The van der Waals surface area contributed by atoms with E-state index in [1.807, 2.05) is 31.2 Å². The van der Waals surface area contributed by atoms with Crippen LogP contribution in [0.15, 0.2) is 41.8 Å². The summed E-state index contributed by atoms with van der Waals surface area (Å²) in [6.07, 6.45) is 8.87. The molecule has 3 nitrogen and oxygen atoms in total. The molecule has 0 aliphatic rings. The van der Waals surface area contributed by atoms with E-state index in [0.717, 1.165) is 48.9 Å². The second kappa shape index (κ2) is 12.8. The van der Waals surface area contributed by atoms with Gasteiger partial charge < -0.3 is 9.88 Å². The first-order valence-electron chi connectivity index (χ1n) is 11.3. The van der Waals surface area contributed by atoms with Crippen molar-refractivity contribution in [1.82, 2.24) is 9.88 Å². The van der Waals surface area contributed by atoms with Gasteiger partial charge in [-0.3, -0.25) is 4.79 Å². The molecule has 5 heteroatoms. The maximum absolute atomic E-state index is 13.4. The second-order valence-electron chi connectivity index (χ2n) is 7.39. The van der Waals surface area contributed by atoms with Gasteiger partial charge in [-0.15, -0.1) is 0 Å². The topological polar surface area (TPSA) is 34.0 Å². The Morgan fingerprint density at radius 1 is 1.10 bits per heavy atom. The summed E-state index contributed by atoms with van der Waals surface area (Å²) in [6.45, 7) is 11.2. The van der Waals surface area contributed by atoms with E-state index in [4.69, 9.17) is 11.6 Å². The van der Waals surface area contributed by atoms with E-state index in [2.05, 4.69) is 55.1 Å². The van der Waals surface area contributed by atoms with Crippen molar-refractivity contribution >= 4 is 34.3 Å². The van der Waals surface area contributed by atoms with E-state index >= 15 is 0 Å². The maximum atomic E-state index is 13.4. The van der Waals surface area contributed by atoms with Crippen LogP contribution in [0.3, 0.4) is 0 Å². The molecule has 1 aromatic carbocycles. The first-order chi connectivity index (χ1) is 15.0. The molecule has 1 N–H and O–H groups in total. The van der Waals surface area contributed by atoms with Crippen LogP contribution < -0.4 is 5.32 Å². The number of thioether (sulfide) groups is 1. The molecule has 0 aliphatic heterocycles. The van der Waals surface area contributed by atoms with Crippen LogP contribution in [0.25, 0.3) is 5.03 Å². The number of benzene rings is 1. The highest BCUT2D eigenvalue weighted by atomic mass is 35.5. The van der Waals surface area contributed by atoms with E-state index in [-0.39, 0.29) is 5.91 Å². The summed E-state index contributed by atoms with van der Waals surface area (Å²) in [6, 6.07) is 7.62. The molecule has 0 saturated carbocycles. The van der Waals surface area contributed by atoms with E-state index in [1.54, 1.807) is 11.8 Å². The van der Waals surface area contributed by atoms with Crippen LogP contribution in [0.4, 0.5) is 0 Å². The Bertz CT molecular complexity index is 926. The molecule has 0 unspecified atom stereocenters. The van der Waals surface area contributed by atoms with Crippen molar-refractivity contribution in [3.05, 3.63) is 74.9 Å². The zero-order valence-corrected chi connectivity index (χ0v) is 21.0. The van der Waals surface area contributed by atoms with E-state index in [1.165, 1.54) is 16.3 Å². The Morgan fingerprint density at radius 2 is 1.77 bits per heavy atom. The number of carbonyl (C=O) groups is 1. The third-order valence-corrected chi connectivity index (χ3v) is 6.42. The van der Waals surface area contributed by atoms with E-state index in [9.17, 15) is 4.79 Å². The third-order valence-electron chi connectivity index (χ3n) is 5.17. The van der Waals surface area contributed by atoms with Crippen molar-refractivity contribution in [2.24, 2.45) is 0 Å². The van der Waals surface area contributed by atoms with Gasteiger partial charge in [0.25, 0.3) is 5.91 Å². The molecule has 1 aromatic heterocycles. The van der Waals surface area contributed by atoms with Crippen LogP contribution in [0.2, 0.25) is 5.02 Å². The zero-order chi connectivity index (χ0) is 22.8. The molecule has 31 heavy (non-hydrogen) atoms. The fourth-order valence-electron chi connectivity index (χ4n) is 3.87. The molecule has 0 saturated heterocycles. The fraction of sp³-hybridized carbons (Fsp3) is 0.423. The largest absolute Gasteiger partial charge is 0.348 e. The van der Waals surface area contributed by atoms with Gasteiger partial charge in [-0.05, 0) is 61.3 Å². The molecule has 0 radical (unpaired) electrons. The van der Waals surface area contributed by atoms with Gasteiger partial charge in [0.05, 0.1) is 10.6 Å². The number of nitrogens with one attached hydrogen (secondary N) is 1. The molecule has 2 rings (SSSR count). The number of hydrogen-bond donors (Lipinski definition) is 1. The van der Waals surface area contributed by atoms with Crippen molar-refractivity contribution in [1.29, 1.82) is 0 Å². The summed E-state index contributed by atoms with van der Waals surface area (Å²) >= 11 is 7.71. The SMILES string of the molecule is C/C=C\S/C(=C/CC)n1c(CC)c(CCC)c(C(=O)NCc2ccc(Cl)cc2)c1CC. The molecule has 0 bridgehead atoms. The lowest BCUT2D eigenvalue weighted by Crippen LogP contribution is -2.24. The quantitative estimate of drug-likeness (QED) is 0.375. The Labute approximate surface area is 197 Å². The smallest absolute Gasteiger partial charge is 0.253 e. The Balaban J connectivity index is 2.53. The Kier molecular flexibility index (Phi) is 10.5. The first kappa shape index (κ1) is 25.4. The predicted molar refractivity (Wildman–Crippen MR) is 137 cm³/mol. The molecule has 1 amide bonds. The molecule has 2 aromatic rings. The number of nitrogens with zero attached hydrogens (tertiary/aromatic N) is 1. The van der Waals surface area contributed by atoms with Crippen molar-refractivity contribution < 1.29 is 4.79 Å². The van der Waals surface area contributed by atoms with Gasteiger partial charge in [0.1, 0.15) is 0 Å². The molecule has 0 aliphatic carbocycles. The summed E-state index contributed by atoms with van der Waals surface area (Å²) < 4.78 is 2.34. The molecule has 0 atom stereocenters. The van der Waals surface area contributed by atoms with Crippen molar-refractivity contribution in [3.63, 3.8) is 0 Å². The summed E-state index contributed by atoms with van der Waals surface area (Å²) in [5.74, 6) is 0.00980. The van der Waals surface area contributed by atoms with Gasteiger partial charge in [-0.25, -0.2) is 0 Å². The average Bonchev–Trinajstić information content (AvgIpc) is 3.09. The van der Waals surface area contributed by atoms with Crippen LogP contribution in [0.5, 0.6) is 0 Å². The van der Waals surface area contributed by atoms with E-state index < -0.39 is 0 Å². The summed E-state index contributed by atoms with van der Waals surface area (Å²) in [5.41, 5.74) is 5.45. The first-order valence-corrected chi connectivity index (χ1v) is 12.5. The number of allylic oxidation sites excluding steroid dienone is 2. The number of carbonyl (C=O) groups excluding carboxylic acids is 1. The van der Waals surface area contributed by atoms with E-state index in [0.29, 0.717) is 11.6 Å². The highest BCUT2D eigenvalue weighted by Crippen LogP contribution is 2.34. The van der Waals surface area contributed by atoms with Crippen molar-refractivity contribution in [2.45, 2.75) is 73.3 Å². The summed E-state index contributed by atoms with van der Waals surface area (Å²) in [4.78, 5) is 13.4. The maximum Gasteiger partial charge on any atom is 0.253 e. The fourth-order valence-corrected chi connectivity index (χ4v) is 4.86. The van der Waals surface area contributed by atoms with Crippen LogP contribution in [0.1, 0.15) is 80.3 Å². The van der Waals surface area contributed by atoms with Crippen molar-refractivity contribution in [3.8, 4) is 0 Å². The minimum atomic E-state index is 0.00980. The standard InChI is InChI=1S/C26H35ClN2OS/c1-6-11-21-22(9-4)29(24(12-7-2)31-17-8-3)23(10-5)25(21)26(30)28-18-19-13-15-20(27)16-14-19/h8,12-17H,6-7,9-11,18H2,1-5H3,(H,28,30)/b17-8-,24-12+. The number of amides is 1. The summed E-state index contributed by atoms with van der Waals surface area (Å²) in [5, 5.41) is 7.15. The minimum Gasteiger partial charge on any atom is -0.348 e. The average molecular weight is 459 g/mol. The number of hydrogen-bond acceptors (Lipinski definition) is 2. The molecule has 168 valence electrons. The van der Waals surface area contributed by atoms with Gasteiger partial charge in [-0.2, -0.15) is 0 Å². The number of aromatic nitrogens is 1. The van der Waals surface area contributed by atoms with Gasteiger partial charge in [-0.1, -0.05) is 81.8 Å². The molecule has 0 spiro atoms. The van der Waals surface area contributed by atoms with Crippen LogP contribution in [-0.2, 0) is 25.8 Å². The lowest BCUT2D eigenvalue weighted by Gasteiger charge is -2.15. The lowest BCUT2D eigenvalue weighted by atomic mass is 10.0. The highest BCUT2D eigenvalue weighted by Gasteiger charge is 2.26. The molecular formula is C26H35ClN2OS. The number of halogens is 1. The lowest BCUT2D eigenvalue weighted by molar-refractivity contribution is 0.0949. The van der Waals surface area contributed by atoms with Crippen molar-refractivity contribution in [2.75, 3.05) is 0 Å². The van der Waals surface area contributed by atoms with Crippen LogP contribution in [0, 0.1) is 0 Å². The highest BCUT2D eigenvalue weighted by molar-refractivity contribution is 8.10. The zero-order valence-electron chi connectivity index (χ0n) is 19.4. The normalized spacial score (nSPS) is 12.0. The molecule has 1 heterocycles. The summed E-state index contributed by atoms with van der Waals surface area (Å²) in [7, 11) is 0. The Morgan fingerprint density at radius 3 is 2.32 bits per heavy atom. The van der Waals surface area contributed by atoms with Gasteiger partial charge in [0.15, 0.2) is 0 Å². The predicted octanol–water partition coefficient (Wildman–Crippen LogP) is 7.62. The van der Waals surface area contributed by atoms with Gasteiger partial charge in [0, 0.05) is 23.0 Å². The number of rotatable bonds is 11. The van der Waals surface area contributed by atoms with Crippen LogP contribution >= 0.6 is 23.4 Å². The van der Waals surface area contributed by atoms with Crippen LogP contribution in [-0.4, -0.2) is 10.5 Å². The monoisotopic (exact) mass is 458 g/mol. The second-order valence-corrected chi connectivity index (χ2v) is 8.75. The van der Waals surface area contributed by atoms with Gasteiger partial charge >= 0.3 is 0 Å². The third kappa shape index (κ3) is 6.30. The molecular weight excluding hydrogens is 424 g/mol. The Hall–Kier alpha value is -1.91. The molecule has 0 fully saturated rings. The van der Waals surface area contributed by atoms with Gasteiger partial charge in [0.2, 0.25) is 0 Å².